The number of aromatic nitrogens is 2. The first-order valence-electron chi connectivity index (χ1n) is 10.7. The second kappa shape index (κ2) is 9.17. The smallest absolute Gasteiger partial charge is 0.296 e. The lowest BCUT2D eigenvalue weighted by molar-refractivity contribution is -0.0566. The first-order valence-corrected chi connectivity index (χ1v) is 10.7. The monoisotopic (exact) mass is 449 g/mol. The van der Waals surface area contributed by atoms with Gasteiger partial charge in [0.1, 0.15) is 11.4 Å². The first kappa shape index (κ1) is 22.7. The standard InChI is InChI=1S/C25H27N3O5/c1-25(2)24-27-20(21(29)23(31)28(24)12-13-33-25)22(30)26-14-18-6-4-5-7-19(18)17-10-8-16(9-11-17)15-32-3/h4-11,29H,12-15H2,1-3H3,(H,26,30). The minimum Gasteiger partial charge on any atom is -0.501 e. The van der Waals surface area contributed by atoms with E-state index in [2.05, 4.69) is 10.3 Å². The van der Waals surface area contributed by atoms with Crippen LogP contribution in [0.4, 0.5) is 0 Å². The molecule has 8 heteroatoms. The summed E-state index contributed by atoms with van der Waals surface area (Å²) in [5.41, 5.74) is 2.15. The normalized spacial score (nSPS) is 14.5. The topological polar surface area (TPSA) is 103 Å². The van der Waals surface area contributed by atoms with Gasteiger partial charge >= 0.3 is 0 Å². The number of nitrogens with zero attached hydrogens (tertiary/aromatic N) is 2. The first-order chi connectivity index (χ1) is 15.8. The molecule has 33 heavy (non-hydrogen) atoms. The summed E-state index contributed by atoms with van der Waals surface area (Å²) < 4.78 is 12.2. The Labute approximate surface area is 191 Å². The molecule has 4 rings (SSSR count). The summed E-state index contributed by atoms with van der Waals surface area (Å²) in [6.45, 7) is 4.90. The van der Waals surface area contributed by atoms with Crippen LogP contribution in [0.3, 0.4) is 0 Å². The molecule has 0 aliphatic carbocycles. The lowest BCUT2D eigenvalue weighted by Crippen LogP contribution is -2.42. The molecule has 1 aliphatic heterocycles. The molecule has 1 amide bonds. The summed E-state index contributed by atoms with van der Waals surface area (Å²) in [7, 11) is 1.66. The number of carbonyl (C=O) groups excluding carboxylic acids is 1. The highest BCUT2D eigenvalue weighted by Crippen LogP contribution is 2.28. The van der Waals surface area contributed by atoms with Crippen LogP contribution in [0, 0.1) is 0 Å². The average molecular weight is 450 g/mol. The number of rotatable bonds is 6. The van der Waals surface area contributed by atoms with Crippen LogP contribution in [-0.4, -0.2) is 34.3 Å². The maximum Gasteiger partial charge on any atom is 0.296 e. The Morgan fingerprint density at radius 1 is 1.21 bits per heavy atom. The third kappa shape index (κ3) is 4.53. The van der Waals surface area contributed by atoms with Gasteiger partial charge in [0.05, 0.1) is 19.8 Å². The average Bonchev–Trinajstić information content (AvgIpc) is 2.81. The molecule has 0 bridgehead atoms. The van der Waals surface area contributed by atoms with Gasteiger partial charge in [0, 0.05) is 13.7 Å². The van der Waals surface area contributed by atoms with E-state index in [1.165, 1.54) is 4.57 Å². The van der Waals surface area contributed by atoms with Crippen molar-refractivity contribution >= 4 is 5.91 Å². The number of fused-ring (bicyclic) bond motifs is 1. The van der Waals surface area contributed by atoms with E-state index in [-0.39, 0.29) is 18.8 Å². The van der Waals surface area contributed by atoms with Gasteiger partial charge in [-0.2, -0.15) is 0 Å². The van der Waals surface area contributed by atoms with E-state index >= 15 is 0 Å². The van der Waals surface area contributed by atoms with E-state index < -0.39 is 22.8 Å². The highest BCUT2D eigenvalue weighted by atomic mass is 16.5. The molecular weight excluding hydrogens is 422 g/mol. The van der Waals surface area contributed by atoms with E-state index in [1.54, 1.807) is 21.0 Å². The molecule has 0 atom stereocenters. The maximum atomic E-state index is 12.9. The van der Waals surface area contributed by atoms with Crippen LogP contribution >= 0.6 is 0 Å². The van der Waals surface area contributed by atoms with Gasteiger partial charge in [-0.15, -0.1) is 0 Å². The summed E-state index contributed by atoms with van der Waals surface area (Å²) in [5, 5.41) is 13.2. The molecule has 2 N–H and O–H groups in total. The van der Waals surface area contributed by atoms with Gasteiger partial charge in [0.15, 0.2) is 5.69 Å². The predicted molar refractivity (Wildman–Crippen MR) is 123 cm³/mol. The van der Waals surface area contributed by atoms with Crippen molar-refractivity contribution in [3.8, 4) is 16.9 Å². The number of amides is 1. The van der Waals surface area contributed by atoms with Crippen molar-refractivity contribution < 1.29 is 19.4 Å². The Morgan fingerprint density at radius 3 is 2.67 bits per heavy atom. The summed E-state index contributed by atoms with van der Waals surface area (Å²) in [6, 6.07) is 15.7. The molecule has 1 aromatic heterocycles. The van der Waals surface area contributed by atoms with Crippen molar-refractivity contribution in [2.24, 2.45) is 0 Å². The zero-order valence-corrected chi connectivity index (χ0v) is 18.9. The Kier molecular flexibility index (Phi) is 6.31. The summed E-state index contributed by atoms with van der Waals surface area (Å²) in [4.78, 5) is 29.9. The zero-order valence-electron chi connectivity index (χ0n) is 18.9. The van der Waals surface area contributed by atoms with Crippen molar-refractivity contribution in [3.05, 3.63) is 81.5 Å². The summed E-state index contributed by atoms with van der Waals surface area (Å²) in [6.07, 6.45) is 0. The highest BCUT2D eigenvalue weighted by Gasteiger charge is 2.34. The van der Waals surface area contributed by atoms with Crippen molar-refractivity contribution in [1.82, 2.24) is 14.9 Å². The number of hydrogen-bond acceptors (Lipinski definition) is 6. The van der Waals surface area contributed by atoms with Crippen LogP contribution in [0.25, 0.3) is 11.1 Å². The van der Waals surface area contributed by atoms with Crippen molar-refractivity contribution in [3.63, 3.8) is 0 Å². The lowest BCUT2D eigenvalue weighted by Gasteiger charge is -2.32. The Bertz CT molecular complexity index is 1230. The third-order valence-electron chi connectivity index (χ3n) is 5.71. The summed E-state index contributed by atoms with van der Waals surface area (Å²) >= 11 is 0. The maximum absolute atomic E-state index is 12.9. The molecule has 0 saturated carbocycles. The molecule has 2 heterocycles. The van der Waals surface area contributed by atoms with Crippen LogP contribution in [0.1, 0.15) is 41.3 Å². The predicted octanol–water partition coefficient (Wildman–Crippen LogP) is 2.96. The second-order valence-corrected chi connectivity index (χ2v) is 8.42. The van der Waals surface area contributed by atoms with Crippen LogP contribution in [0.2, 0.25) is 0 Å². The van der Waals surface area contributed by atoms with Crippen LogP contribution in [0.5, 0.6) is 5.75 Å². The number of carbonyl (C=O) groups is 1. The fourth-order valence-electron chi connectivity index (χ4n) is 3.99. The molecular formula is C25H27N3O5. The van der Waals surface area contributed by atoms with Gasteiger partial charge < -0.3 is 19.9 Å². The molecule has 0 radical (unpaired) electrons. The molecule has 8 nitrogen and oxygen atoms in total. The molecule has 3 aromatic rings. The van der Waals surface area contributed by atoms with Gasteiger partial charge in [0.25, 0.3) is 11.5 Å². The van der Waals surface area contributed by atoms with E-state index in [0.717, 1.165) is 22.3 Å². The number of nitrogens with one attached hydrogen (secondary N) is 1. The third-order valence-corrected chi connectivity index (χ3v) is 5.71. The van der Waals surface area contributed by atoms with Crippen molar-refractivity contribution in [2.75, 3.05) is 13.7 Å². The van der Waals surface area contributed by atoms with Gasteiger partial charge in [-0.25, -0.2) is 4.98 Å². The van der Waals surface area contributed by atoms with Crippen LogP contribution < -0.4 is 10.9 Å². The minimum absolute atomic E-state index is 0.203. The number of methoxy groups -OCH3 is 1. The quantitative estimate of drug-likeness (QED) is 0.600. The Morgan fingerprint density at radius 2 is 1.94 bits per heavy atom. The molecule has 0 unspecified atom stereocenters. The SMILES string of the molecule is COCc1ccc(-c2ccccc2CNC(=O)c2nc3n(c(=O)c2O)CCOC3(C)C)cc1. The van der Waals surface area contributed by atoms with Gasteiger partial charge in [0.2, 0.25) is 5.75 Å². The Hall–Kier alpha value is -3.49. The van der Waals surface area contributed by atoms with Gasteiger partial charge in [-0.05, 0) is 36.1 Å². The molecule has 0 saturated heterocycles. The molecule has 2 aromatic carbocycles. The molecule has 0 spiro atoms. The number of benzene rings is 2. The van der Waals surface area contributed by atoms with E-state index in [9.17, 15) is 14.7 Å². The van der Waals surface area contributed by atoms with Crippen LogP contribution in [0.15, 0.2) is 53.3 Å². The van der Waals surface area contributed by atoms with Gasteiger partial charge in [-0.1, -0.05) is 48.5 Å². The van der Waals surface area contributed by atoms with Gasteiger partial charge in [-0.3, -0.25) is 14.2 Å². The molecule has 172 valence electrons. The van der Waals surface area contributed by atoms with Crippen molar-refractivity contribution in [2.45, 2.75) is 39.1 Å². The van der Waals surface area contributed by atoms with E-state index in [1.807, 2.05) is 48.5 Å². The fraction of sp³-hybridized carbons (Fsp3) is 0.320. The fourth-order valence-corrected chi connectivity index (χ4v) is 3.99. The largest absolute Gasteiger partial charge is 0.501 e. The zero-order chi connectivity index (χ0) is 23.6. The van der Waals surface area contributed by atoms with Crippen LogP contribution in [-0.2, 0) is 34.8 Å². The molecule has 0 fully saturated rings. The minimum atomic E-state index is -0.846. The van der Waals surface area contributed by atoms with E-state index in [4.69, 9.17) is 9.47 Å². The number of ether oxygens (including phenoxy) is 2. The second-order valence-electron chi connectivity index (χ2n) is 8.42. The van der Waals surface area contributed by atoms with Crippen molar-refractivity contribution in [1.29, 1.82) is 0 Å². The highest BCUT2D eigenvalue weighted by molar-refractivity contribution is 5.94. The number of aromatic hydroxyl groups is 1. The number of hydrogen-bond donors (Lipinski definition) is 2. The Balaban J connectivity index is 1.58. The van der Waals surface area contributed by atoms with E-state index in [0.29, 0.717) is 19.0 Å². The summed E-state index contributed by atoms with van der Waals surface area (Å²) in [5.74, 6) is -0.964. The lowest BCUT2D eigenvalue weighted by atomic mass is 9.98. The molecule has 1 aliphatic rings.